The van der Waals surface area contributed by atoms with E-state index in [1.165, 1.54) is 12.1 Å². The van der Waals surface area contributed by atoms with Crippen molar-refractivity contribution in [3.8, 4) is 0 Å². The van der Waals surface area contributed by atoms with E-state index < -0.39 is 27.9 Å². The molecular weight excluding hydrogens is 345 g/mol. The Hall–Kier alpha value is -1.03. The lowest BCUT2D eigenvalue weighted by Gasteiger charge is -2.08. The maximum atomic E-state index is 13.2. The second-order valence-electron chi connectivity index (χ2n) is 3.62. The topological polar surface area (TPSA) is 104 Å². The van der Waals surface area contributed by atoms with Crippen LogP contribution in [0.5, 0.6) is 0 Å². The molecule has 0 aliphatic heterocycles. The molecule has 0 aromatic heterocycles. The van der Waals surface area contributed by atoms with Crippen LogP contribution in [0, 0.1) is 5.82 Å². The number of carboxylic acids is 1. The Kier molecular flexibility index (Phi) is 5.41. The second-order valence-corrected chi connectivity index (χ2v) is 6.24. The van der Waals surface area contributed by atoms with Crippen molar-refractivity contribution < 1.29 is 27.8 Å². The number of rotatable bonds is 6. The largest absolute Gasteiger partial charge is 0.479 e. The fourth-order valence-electron chi connectivity index (χ4n) is 1.18. The van der Waals surface area contributed by atoms with Crippen LogP contribution in [0.4, 0.5) is 4.39 Å². The van der Waals surface area contributed by atoms with Crippen molar-refractivity contribution in [1.29, 1.82) is 0 Å². The highest BCUT2D eigenvalue weighted by molar-refractivity contribution is 9.10. The van der Waals surface area contributed by atoms with Gasteiger partial charge < -0.3 is 10.2 Å². The number of sulfonamides is 1. The fourth-order valence-corrected chi connectivity index (χ4v) is 2.49. The first-order valence-corrected chi connectivity index (χ1v) is 7.37. The Labute approximate surface area is 117 Å². The van der Waals surface area contributed by atoms with Crippen LogP contribution in [0.2, 0.25) is 0 Å². The molecule has 9 heteroatoms. The Balaban J connectivity index is 2.71. The summed E-state index contributed by atoms with van der Waals surface area (Å²) in [4.78, 5) is 10.0. The first-order valence-electron chi connectivity index (χ1n) is 5.09. The summed E-state index contributed by atoms with van der Waals surface area (Å²) in [6, 6.07) is 3.28. The molecule has 19 heavy (non-hydrogen) atoms. The van der Waals surface area contributed by atoms with Crippen molar-refractivity contribution >= 4 is 31.9 Å². The van der Waals surface area contributed by atoms with E-state index in [1.54, 1.807) is 0 Å². The van der Waals surface area contributed by atoms with Crippen LogP contribution in [-0.2, 0) is 14.8 Å². The highest BCUT2D eigenvalue weighted by atomic mass is 79.9. The van der Waals surface area contributed by atoms with E-state index in [0.29, 0.717) is 0 Å². The van der Waals surface area contributed by atoms with Crippen LogP contribution in [-0.4, -0.2) is 37.2 Å². The van der Waals surface area contributed by atoms with Gasteiger partial charge in [0.2, 0.25) is 10.0 Å². The number of nitrogens with one attached hydrogen (secondary N) is 1. The summed E-state index contributed by atoms with van der Waals surface area (Å²) in [5, 5.41) is 17.4. The van der Waals surface area contributed by atoms with E-state index in [9.17, 15) is 17.6 Å². The number of carboxylic acid groups (broad SMARTS) is 1. The number of hydrogen-bond donors (Lipinski definition) is 3. The maximum Gasteiger partial charge on any atom is 0.332 e. The molecule has 1 unspecified atom stereocenters. The van der Waals surface area contributed by atoms with Gasteiger partial charge in [-0.05, 0) is 40.5 Å². The summed E-state index contributed by atoms with van der Waals surface area (Å²) < 4.78 is 38.9. The first kappa shape index (κ1) is 16.0. The number of hydrogen-bond acceptors (Lipinski definition) is 4. The molecule has 0 radical (unpaired) electrons. The third-order valence-electron chi connectivity index (χ3n) is 2.20. The number of halogens is 2. The number of benzene rings is 1. The van der Waals surface area contributed by atoms with Gasteiger partial charge >= 0.3 is 5.97 Å². The van der Waals surface area contributed by atoms with Gasteiger partial charge in [-0.2, -0.15) is 0 Å². The lowest BCUT2D eigenvalue weighted by molar-refractivity contribution is -0.146. The van der Waals surface area contributed by atoms with E-state index in [4.69, 9.17) is 10.2 Å². The standard InChI is InChI=1S/C10H11BrFNO5S/c11-7-2-1-6(5-8(7)12)19(17,18)13-4-3-9(14)10(15)16/h1-2,5,9,13-14H,3-4H2,(H,15,16). The van der Waals surface area contributed by atoms with Gasteiger partial charge in [-0.1, -0.05) is 0 Å². The average molecular weight is 356 g/mol. The molecule has 0 spiro atoms. The molecule has 106 valence electrons. The normalized spacial score (nSPS) is 13.2. The lowest BCUT2D eigenvalue weighted by atomic mass is 10.3. The summed E-state index contributed by atoms with van der Waals surface area (Å²) in [6.45, 7) is -0.270. The van der Waals surface area contributed by atoms with Crippen LogP contribution in [0.1, 0.15) is 6.42 Å². The van der Waals surface area contributed by atoms with Crippen molar-refractivity contribution in [3.05, 3.63) is 28.5 Å². The zero-order chi connectivity index (χ0) is 14.6. The highest BCUT2D eigenvalue weighted by Crippen LogP contribution is 2.19. The van der Waals surface area contributed by atoms with Gasteiger partial charge in [-0.25, -0.2) is 22.3 Å². The van der Waals surface area contributed by atoms with Crippen LogP contribution in [0.15, 0.2) is 27.6 Å². The number of aliphatic carboxylic acids is 1. The van der Waals surface area contributed by atoms with Crippen molar-refractivity contribution in [1.82, 2.24) is 4.72 Å². The van der Waals surface area contributed by atoms with Gasteiger partial charge in [-0.3, -0.25) is 0 Å². The van der Waals surface area contributed by atoms with Crippen LogP contribution in [0.25, 0.3) is 0 Å². The SMILES string of the molecule is O=C(O)C(O)CCNS(=O)(=O)c1ccc(Br)c(F)c1. The Morgan fingerprint density at radius 3 is 2.63 bits per heavy atom. The minimum Gasteiger partial charge on any atom is -0.479 e. The lowest BCUT2D eigenvalue weighted by Crippen LogP contribution is -2.30. The molecule has 0 aliphatic rings. The van der Waals surface area contributed by atoms with Crippen LogP contribution in [0.3, 0.4) is 0 Å². The summed E-state index contributed by atoms with van der Waals surface area (Å²) >= 11 is 2.90. The second kappa shape index (κ2) is 6.42. The van der Waals surface area contributed by atoms with Crippen molar-refractivity contribution in [3.63, 3.8) is 0 Å². The Bertz CT molecular complexity index is 577. The van der Waals surface area contributed by atoms with Crippen molar-refractivity contribution in [2.75, 3.05) is 6.54 Å². The zero-order valence-corrected chi connectivity index (χ0v) is 11.9. The summed E-state index contributed by atoms with van der Waals surface area (Å²) in [5.41, 5.74) is 0. The maximum absolute atomic E-state index is 13.2. The van der Waals surface area contributed by atoms with Crippen molar-refractivity contribution in [2.45, 2.75) is 17.4 Å². The average Bonchev–Trinajstić information content (AvgIpc) is 2.32. The third-order valence-corrected chi connectivity index (χ3v) is 4.30. The molecule has 1 aromatic carbocycles. The number of carbonyl (C=O) groups is 1. The number of aliphatic hydroxyl groups excluding tert-OH is 1. The molecule has 0 saturated carbocycles. The molecule has 1 atom stereocenters. The fraction of sp³-hybridized carbons (Fsp3) is 0.300. The molecule has 0 amide bonds. The van der Waals surface area contributed by atoms with Gasteiger partial charge in [0, 0.05) is 6.54 Å². The first-order chi connectivity index (χ1) is 8.74. The quantitative estimate of drug-likeness (QED) is 0.696. The van der Waals surface area contributed by atoms with E-state index in [0.717, 1.165) is 6.07 Å². The van der Waals surface area contributed by atoms with Crippen LogP contribution >= 0.6 is 15.9 Å². The van der Waals surface area contributed by atoms with Gasteiger partial charge in [0.05, 0.1) is 9.37 Å². The van der Waals surface area contributed by atoms with Gasteiger partial charge in [0.25, 0.3) is 0 Å². The van der Waals surface area contributed by atoms with Gasteiger partial charge in [0.1, 0.15) is 5.82 Å². The molecule has 3 N–H and O–H groups in total. The smallest absolute Gasteiger partial charge is 0.332 e. The van der Waals surface area contributed by atoms with E-state index in [2.05, 4.69) is 20.7 Å². The highest BCUT2D eigenvalue weighted by Gasteiger charge is 2.18. The van der Waals surface area contributed by atoms with Gasteiger partial charge in [0.15, 0.2) is 6.10 Å². The zero-order valence-electron chi connectivity index (χ0n) is 9.51. The molecular formula is C10H11BrFNO5S. The Morgan fingerprint density at radius 1 is 1.47 bits per heavy atom. The minimum absolute atomic E-state index is 0.132. The Morgan fingerprint density at radius 2 is 2.11 bits per heavy atom. The molecule has 6 nitrogen and oxygen atoms in total. The summed E-state index contributed by atoms with van der Waals surface area (Å²) in [6.07, 6.45) is -1.93. The number of aliphatic hydroxyl groups is 1. The molecule has 0 saturated heterocycles. The van der Waals surface area contributed by atoms with E-state index >= 15 is 0 Å². The van der Waals surface area contributed by atoms with E-state index in [-0.39, 0.29) is 22.3 Å². The predicted octanol–water partition coefficient (Wildman–Crippen LogP) is 0.702. The third kappa shape index (κ3) is 4.53. The van der Waals surface area contributed by atoms with Gasteiger partial charge in [-0.15, -0.1) is 0 Å². The summed E-state index contributed by atoms with van der Waals surface area (Å²) in [5.74, 6) is -2.16. The molecule has 1 rings (SSSR count). The minimum atomic E-state index is -3.94. The van der Waals surface area contributed by atoms with Crippen molar-refractivity contribution in [2.24, 2.45) is 0 Å². The molecule has 1 aromatic rings. The molecule has 0 bridgehead atoms. The van der Waals surface area contributed by atoms with E-state index in [1.807, 2.05) is 0 Å². The summed E-state index contributed by atoms with van der Waals surface area (Å²) in [7, 11) is -3.94. The molecule has 0 aliphatic carbocycles. The monoisotopic (exact) mass is 355 g/mol. The molecule has 0 heterocycles. The molecule has 0 fully saturated rings. The predicted molar refractivity (Wildman–Crippen MR) is 67.5 cm³/mol. The van der Waals surface area contributed by atoms with Crippen LogP contribution < -0.4 is 4.72 Å².